The minimum Gasteiger partial charge on any atom is -0.488 e. The van der Waals surface area contributed by atoms with Crippen LogP contribution in [0.3, 0.4) is 0 Å². The van der Waals surface area contributed by atoms with Crippen molar-refractivity contribution in [3.63, 3.8) is 0 Å². The molecule has 5 nitrogen and oxygen atoms in total. The summed E-state index contributed by atoms with van der Waals surface area (Å²) in [5.74, 6) is 1.08. The van der Waals surface area contributed by atoms with E-state index in [1.165, 1.54) is 12.1 Å². The zero-order chi connectivity index (χ0) is 23.3. The van der Waals surface area contributed by atoms with E-state index in [0.717, 1.165) is 83.7 Å². The Kier molecular flexibility index (Phi) is 7.83. The number of anilines is 1. The van der Waals surface area contributed by atoms with E-state index in [1.807, 2.05) is 11.0 Å². The van der Waals surface area contributed by atoms with Gasteiger partial charge in [-0.2, -0.15) is 13.2 Å². The molecule has 1 aliphatic carbocycles. The average Bonchev–Trinajstić information content (AvgIpc) is 2.84. The summed E-state index contributed by atoms with van der Waals surface area (Å²) in [4.78, 5) is 16.8. The number of piperazine rings is 1. The lowest BCUT2D eigenvalue weighted by Crippen LogP contribution is -2.47. The van der Waals surface area contributed by atoms with Crippen LogP contribution >= 0.6 is 0 Å². The molecule has 1 saturated carbocycles. The van der Waals surface area contributed by atoms with Crippen LogP contribution in [0.5, 0.6) is 0 Å². The van der Waals surface area contributed by atoms with Gasteiger partial charge in [-0.1, -0.05) is 6.07 Å². The first-order valence-electron chi connectivity index (χ1n) is 12.2. The predicted molar refractivity (Wildman–Crippen MR) is 122 cm³/mol. The maximum absolute atomic E-state index is 13.0. The van der Waals surface area contributed by atoms with E-state index in [2.05, 4.69) is 10.2 Å². The van der Waals surface area contributed by atoms with Gasteiger partial charge in [-0.25, -0.2) is 0 Å². The second-order valence-corrected chi connectivity index (χ2v) is 9.42. The van der Waals surface area contributed by atoms with Crippen LogP contribution in [0.4, 0.5) is 18.9 Å². The Morgan fingerprint density at radius 3 is 2.52 bits per heavy atom. The van der Waals surface area contributed by atoms with E-state index in [-0.39, 0.29) is 11.9 Å². The first kappa shape index (κ1) is 23.9. The van der Waals surface area contributed by atoms with Crippen LogP contribution < -0.4 is 10.2 Å². The molecule has 0 atom stereocenters. The van der Waals surface area contributed by atoms with Crippen molar-refractivity contribution < 1.29 is 22.7 Å². The minimum absolute atomic E-state index is 0.0724. The molecule has 0 radical (unpaired) electrons. The molecule has 0 spiro atoms. The number of carbonyl (C=O) groups excluding carboxylic acids is 1. The summed E-state index contributed by atoms with van der Waals surface area (Å²) in [6.45, 7) is 4.89. The van der Waals surface area contributed by atoms with Crippen molar-refractivity contribution in [2.75, 3.05) is 44.2 Å². The highest BCUT2D eigenvalue weighted by atomic mass is 19.4. The molecule has 1 saturated heterocycles. The molecule has 4 rings (SSSR count). The summed E-state index contributed by atoms with van der Waals surface area (Å²) in [6.07, 6.45) is 4.85. The predicted octanol–water partition coefficient (Wildman–Crippen LogP) is 4.59. The third-order valence-electron chi connectivity index (χ3n) is 7.11. The molecule has 8 heteroatoms. The SMILES string of the molecule is O=C(N[C@H]1CC[C@H](CCN2CCN(c3cccc(C(F)(F)F)c3)CC2)CC1)C1=CCCCO1. The minimum atomic E-state index is -4.30. The topological polar surface area (TPSA) is 44.8 Å². The molecule has 2 fully saturated rings. The smallest absolute Gasteiger partial charge is 0.416 e. The van der Waals surface area contributed by atoms with Crippen LogP contribution in [0.25, 0.3) is 0 Å². The van der Waals surface area contributed by atoms with Gasteiger partial charge in [0.15, 0.2) is 5.76 Å². The number of amides is 1. The van der Waals surface area contributed by atoms with E-state index in [9.17, 15) is 18.0 Å². The lowest BCUT2D eigenvalue weighted by atomic mass is 9.84. The summed E-state index contributed by atoms with van der Waals surface area (Å²) in [7, 11) is 0. The maximum atomic E-state index is 13.0. The van der Waals surface area contributed by atoms with Gasteiger partial charge >= 0.3 is 6.18 Å². The molecule has 2 heterocycles. The number of carbonyl (C=O) groups is 1. The largest absolute Gasteiger partial charge is 0.488 e. The van der Waals surface area contributed by atoms with Crippen LogP contribution in [-0.2, 0) is 15.7 Å². The maximum Gasteiger partial charge on any atom is 0.416 e. The lowest BCUT2D eigenvalue weighted by molar-refractivity contribution is -0.137. The second-order valence-electron chi connectivity index (χ2n) is 9.42. The third kappa shape index (κ3) is 6.65. The number of rotatable bonds is 6. The van der Waals surface area contributed by atoms with Gasteiger partial charge in [0, 0.05) is 37.9 Å². The van der Waals surface area contributed by atoms with Gasteiger partial charge < -0.3 is 15.0 Å². The van der Waals surface area contributed by atoms with Crippen LogP contribution in [0.2, 0.25) is 0 Å². The highest BCUT2D eigenvalue weighted by Gasteiger charge is 2.31. The van der Waals surface area contributed by atoms with Crippen LogP contribution in [0.1, 0.15) is 50.5 Å². The van der Waals surface area contributed by atoms with Gasteiger partial charge in [-0.15, -0.1) is 0 Å². The van der Waals surface area contributed by atoms with Gasteiger partial charge in [0.25, 0.3) is 5.91 Å². The van der Waals surface area contributed by atoms with E-state index in [1.54, 1.807) is 6.07 Å². The molecule has 0 bridgehead atoms. The summed E-state index contributed by atoms with van der Waals surface area (Å²) in [6, 6.07) is 5.86. The van der Waals surface area contributed by atoms with Crippen LogP contribution in [0, 0.1) is 5.92 Å². The number of allylic oxidation sites excluding steroid dienone is 1. The normalized spacial score (nSPS) is 24.7. The summed E-state index contributed by atoms with van der Waals surface area (Å²) in [5, 5.41) is 3.13. The highest BCUT2D eigenvalue weighted by Crippen LogP contribution is 2.32. The van der Waals surface area contributed by atoms with Gasteiger partial charge in [0.2, 0.25) is 0 Å². The number of ether oxygens (including phenoxy) is 1. The van der Waals surface area contributed by atoms with E-state index in [0.29, 0.717) is 24.0 Å². The van der Waals surface area contributed by atoms with Crippen molar-refractivity contribution in [2.45, 2.75) is 57.2 Å². The third-order valence-corrected chi connectivity index (χ3v) is 7.11. The number of nitrogens with one attached hydrogen (secondary N) is 1. The van der Waals surface area contributed by atoms with Crippen LogP contribution in [0.15, 0.2) is 36.1 Å². The molecule has 33 heavy (non-hydrogen) atoms. The first-order valence-corrected chi connectivity index (χ1v) is 12.2. The number of nitrogens with zero attached hydrogens (tertiary/aromatic N) is 2. The molecular weight excluding hydrogens is 431 g/mol. The van der Waals surface area contributed by atoms with Crippen molar-refractivity contribution in [2.24, 2.45) is 5.92 Å². The van der Waals surface area contributed by atoms with E-state index in [4.69, 9.17) is 4.74 Å². The van der Waals surface area contributed by atoms with Crippen LogP contribution in [-0.4, -0.2) is 56.2 Å². The zero-order valence-corrected chi connectivity index (χ0v) is 19.1. The molecule has 0 unspecified atom stereocenters. The Balaban J connectivity index is 1.15. The van der Waals surface area contributed by atoms with Gasteiger partial charge in [0.1, 0.15) is 0 Å². The fraction of sp³-hybridized carbons (Fsp3) is 0.640. The average molecular weight is 466 g/mol. The first-order chi connectivity index (χ1) is 15.9. The Hall–Kier alpha value is -2.22. The molecule has 0 aromatic heterocycles. The number of halogens is 3. The van der Waals surface area contributed by atoms with Gasteiger partial charge in [-0.3, -0.25) is 9.69 Å². The van der Waals surface area contributed by atoms with Gasteiger partial charge in [-0.05, 0) is 81.7 Å². The molecule has 1 aromatic carbocycles. The highest BCUT2D eigenvalue weighted by molar-refractivity contribution is 5.91. The second kappa shape index (κ2) is 10.8. The molecule has 1 aromatic rings. The molecule has 2 aliphatic heterocycles. The fourth-order valence-electron chi connectivity index (χ4n) is 5.04. The van der Waals surface area contributed by atoms with E-state index < -0.39 is 11.7 Å². The number of alkyl halides is 3. The Morgan fingerprint density at radius 1 is 1.09 bits per heavy atom. The monoisotopic (exact) mass is 465 g/mol. The molecule has 1 N–H and O–H groups in total. The van der Waals surface area contributed by atoms with Crippen molar-refractivity contribution in [3.05, 3.63) is 41.7 Å². The standard InChI is InChI=1S/C25H34F3N3O2/c26-25(27,28)20-4-3-5-22(18-20)31-15-13-30(14-16-31)12-11-19-7-9-21(10-8-19)29-24(32)23-6-1-2-17-33-23/h3-6,18-19,21H,1-2,7-17H2,(H,29,32)/t19-,21-. The number of benzene rings is 1. The molecular formula is C25H34F3N3O2. The lowest BCUT2D eigenvalue weighted by Gasteiger charge is -2.37. The Labute approximate surface area is 193 Å². The fourth-order valence-corrected chi connectivity index (χ4v) is 5.04. The summed E-state index contributed by atoms with van der Waals surface area (Å²) < 4.78 is 44.4. The molecule has 3 aliphatic rings. The van der Waals surface area contributed by atoms with Crippen molar-refractivity contribution in [1.82, 2.24) is 10.2 Å². The van der Waals surface area contributed by atoms with Crippen molar-refractivity contribution in [3.8, 4) is 0 Å². The quantitative estimate of drug-likeness (QED) is 0.668. The Bertz CT molecular complexity index is 826. The summed E-state index contributed by atoms with van der Waals surface area (Å²) in [5.41, 5.74) is 0.0662. The summed E-state index contributed by atoms with van der Waals surface area (Å²) >= 11 is 0. The number of hydrogen-bond donors (Lipinski definition) is 1. The van der Waals surface area contributed by atoms with E-state index >= 15 is 0 Å². The Morgan fingerprint density at radius 2 is 1.85 bits per heavy atom. The zero-order valence-electron chi connectivity index (χ0n) is 19.1. The van der Waals surface area contributed by atoms with Crippen molar-refractivity contribution >= 4 is 11.6 Å². The van der Waals surface area contributed by atoms with Crippen molar-refractivity contribution in [1.29, 1.82) is 0 Å². The van der Waals surface area contributed by atoms with Gasteiger partial charge in [0.05, 0.1) is 12.2 Å². The molecule has 1 amide bonds. The molecule has 182 valence electrons. The number of hydrogen-bond acceptors (Lipinski definition) is 4.